The van der Waals surface area contributed by atoms with Gasteiger partial charge in [-0.05, 0) is 78.7 Å². The van der Waals surface area contributed by atoms with Crippen LogP contribution in [0.15, 0.2) is 67.3 Å². The SMILES string of the molecule is CC(C)(C)[Si](C)(C)OC[C@@H](CCn1ccc2ccc(OCCCc3ccc(Cl)cc3)cc21)n1cnc(C(N)=O)c1. The van der Waals surface area contributed by atoms with Gasteiger partial charge in [0, 0.05) is 30.0 Å². The molecule has 40 heavy (non-hydrogen) atoms. The molecule has 0 aliphatic heterocycles. The molecule has 2 heterocycles. The highest BCUT2D eigenvalue weighted by molar-refractivity contribution is 6.74. The summed E-state index contributed by atoms with van der Waals surface area (Å²) in [5.74, 6) is 0.335. The van der Waals surface area contributed by atoms with E-state index in [2.05, 4.69) is 79.9 Å². The van der Waals surface area contributed by atoms with Gasteiger partial charge in [-0.1, -0.05) is 44.5 Å². The Kier molecular flexibility index (Phi) is 9.43. The lowest BCUT2D eigenvalue weighted by Gasteiger charge is -2.37. The molecule has 214 valence electrons. The van der Waals surface area contributed by atoms with Crippen LogP contribution in [-0.4, -0.2) is 41.6 Å². The van der Waals surface area contributed by atoms with E-state index >= 15 is 0 Å². The Labute approximate surface area is 243 Å². The first-order valence-electron chi connectivity index (χ1n) is 13.9. The van der Waals surface area contributed by atoms with Gasteiger partial charge in [0.25, 0.3) is 5.91 Å². The summed E-state index contributed by atoms with van der Waals surface area (Å²) in [7, 11) is -1.96. The van der Waals surface area contributed by atoms with Gasteiger partial charge in [-0.15, -0.1) is 0 Å². The summed E-state index contributed by atoms with van der Waals surface area (Å²) >= 11 is 5.98. The maximum Gasteiger partial charge on any atom is 0.268 e. The summed E-state index contributed by atoms with van der Waals surface area (Å²) in [5, 5.41) is 2.03. The predicted octanol–water partition coefficient (Wildman–Crippen LogP) is 7.25. The van der Waals surface area contributed by atoms with Crippen LogP contribution in [0, 0.1) is 0 Å². The Bertz CT molecular complexity index is 1420. The fraction of sp³-hybridized carbons (Fsp3) is 0.419. The van der Waals surface area contributed by atoms with Gasteiger partial charge in [0.05, 0.1) is 31.1 Å². The third-order valence-corrected chi connectivity index (χ3v) is 12.7. The van der Waals surface area contributed by atoms with Crippen LogP contribution in [0.1, 0.15) is 55.7 Å². The number of nitrogens with two attached hydrogens (primary N) is 1. The number of ether oxygens (including phenoxy) is 1. The Hall–Kier alpha value is -3.07. The van der Waals surface area contributed by atoms with Crippen molar-refractivity contribution in [3.05, 3.63) is 83.5 Å². The normalized spacial score (nSPS) is 13.1. The van der Waals surface area contributed by atoms with Crippen molar-refractivity contribution in [2.75, 3.05) is 13.2 Å². The second-order valence-electron chi connectivity index (χ2n) is 11.9. The van der Waals surface area contributed by atoms with Crippen LogP contribution in [-0.2, 0) is 17.4 Å². The average Bonchev–Trinajstić information content (AvgIpc) is 3.55. The Balaban J connectivity index is 1.42. The summed E-state index contributed by atoms with van der Waals surface area (Å²) in [6.45, 7) is 13.2. The minimum atomic E-state index is -1.96. The highest BCUT2D eigenvalue weighted by Crippen LogP contribution is 2.37. The maximum absolute atomic E-state index is 11.7. The van der Waals surface area contributed by atoms with Crippen molar-refractivity contribution in [1.82, 2.24) is 14.1 Å². The lowest BCUT2D eigenvalue weighted by atomic mass is 10.1. The second-order valence-corrected chi connectivity index (χ2v) is 17.1. The zero-order chi connectivity index (χ0) is 28.9. The second kappa shape index (κ2) is 12.6. The third kappa shape index (κ3) is 7.56. The number of nitrogens with zero attached hydrogens (tertiary/aromatic N) is 3. The molecule has 2 N–H and O–H groups in total. The molecule has 0 unspecified atom stereocenters. The van der Waals surface area contributed by atoms with Crippen LogP contribution in [0.3, 0.4) is 0 Å². The fourth-order valence-corrected chi connectivity index (χ4v) is 5.53. The highest BCUT2D eigenvalue weighted by atomic mass is 35.5. The molecule has 0 aliphatic rings. The molecule has 0 saturated carbocycles. The minimum Gasteiger partial charge on any atom is -0.494 e. The first kappa shape index (κ1) is 29.9. The van der Waals surface area contributed by atoms with Gasteiger partial charge in [-0.2, -0.15) is 0 Å². The van der Waals surface area contributed by atoms with E-state index in [1.807, 2.05) is 22.8 Å². The van der Waals surface area contributed by atoms with E-state index in [1.165, 1.54) is 10.9 Å². The molecule has 4 rings (SSSR count). The van der Waals surface area contributed by atoms with E-state index in [9.17, 15) is 4.79 Å². The van der Waals surface area contributed by atoms with E-state index in [-0.39, 0.29) is 16.8 Å². The number of benzene rings is 2. The molecular weight excluding hydrogens is 540 g/mol. The van der Waals surface area contributed by atoms with E-state index in [0.717, 1.165) is 42.1 Å². The first-order chi connectivity index (χ1) is 18.9. The lowest BCUT2D eigenvalue weighted by molar-refractivity contribution is 0.0995. The highest BCUT2D eigenvalue weighted by Gasteiger charge is 2.37. The van der Waals surface area contributed by atoms with Gasteiger partial charge in [0.1, 0.15) is 11.4 Å². The number of carbonyl (C=O) groups is 1. The number of amides is 1. The van der Waals surface area contributed by atoms with E-state index in [1.54, 1.807) is 12.5 Å². The van der Waals surface area contributed by atoms with E-state index in [0.29, 0.717) is 13.2 Å². The molecule has 9 heteroatoms. The van der Waals surface area contributed by atoms with Gasteiger partial charge >= 0.3 is 0 Å². The smallest absolute Gasteiger partial charge is 0.268 e. The van der Waals surface area contributed by atoms with Gasteiger partial charge in [-0.25, -0.2) is 4.98 Å². The molecule has 0 radical (unpaired) electrons. The number of hydrogen-bond donors (Lipinski definition) is 1. The van der Waals surface area contributed by atoms with Crippen molar-refractivity contribution in [1.29, 1.82) is 0 Å². The summed E-state index contributed by atoms with van der Waals surface area (Å²) in [6, 6.07) is 16.4. The van der Waals surface area contributed by atoms with Gasteiger partial charge < -0.3 is 24.0 Å². The van der Waals surface area contributed by atoms with Crippen molar-refractivity contribution < 1.29 is 14.0 Å². The number of imidazole rings is 1. The lowest BCUT2D eigenvalue weighted by Crippen LogP contribution is -2.42. The minimum absolute atomic E-state index is 0.0134. The Morgan fingerprint density at radius 1 is 1.12 bits per heavy atom. The number of primary amides is 1. The van der Waals surface area contributed by atoms with Crippen molar-refractivity contribution in [3.63, 3.8) is 0 Å². The largest absolute Gasteiger partial charge is 0.494 e. The number of halogens is 1. The standard InChI is InChI=1S/C31H41ClN4O3Si/c1-31(2,3)40(4,5)39-21-26(36-20-28(30(33)37)34-22-36)15-17-35-16-14-24-10-13-27(19-29(24)35)38-18-6-7-23-8-11-25(32)12-9-23/h8-14,16,19-20,22,26H,6-7,15,17-18,21H2,1-5H3,(H2,33,37)/t26-/m1/s1. The molecule has 0 fully saturated rings. The van der Waals surface area contributed by atoms with Crippen molar-refractivity contribution in [2.24, 2.45) is 5.73 Å². The molecule has 1 amide bonds. The van der Waals surface area contributed by atoms with Gasteiger partial charge in [0.15, 0.2) is 8.32 Å². The maximum atomic E-state index is 11.7. The van der Waals surface area contributed by atoms with Crippen molar-refractivity contribution in [2.45, 2.75) is 70.8 Å². The number of fused-ring (bicyclic) bond motifs is 1. The molecule has 2 aromatic carbocycles. The van der Waals surface area contributed by atoms with Crippen LogP contribution in [0.5, 0.6) is 5.75 Å². The third-order valence-electron chi connectivity index (χ3n) is 7.96. The van der Waals surface area contributed by atoms with Crippen LogP contribution >= 0.6 is 11.6 Å². The molecule has 0 bridgehead atoms. The number of rotatable bonds is 13. The number of aryl methyl sites for hydroxylation is 2. The number of carbonyl (C=O) groups excluding carboxylic acids is 1. The zero-order valence-corrected chi connectivity index (χ0v) is 25.9. The topological polar surface area (TPSA) is 84.3 Å². The fourth-order valence-electron chi connectivity index (χ4n) is 4.36. The Morgan fingerprint density at radius 3 is 2.55 bits per heavy atom. The van der Waals surface area contributed by atoms with E-state index in [4.69, 9.17) is 26.5 Å². The van der Waals surface area contributed by atoms with Crippen molar-refractivity contribution in [3.8, 4) is 5.75 Å². The van der Waals surface area contributed by atoms with Gasteiger partial charge in [0.2, 0.25) is 0 Å². The van der Waals surface area contributed by atoms with Crippen molar-refractivity contribution >= 4 is 36.7 Å². The molecule has 0 spiro atoms. The van der Waals surface area contributed by atoms with Crippen LogP contribution < -0.4 is 10.5 Å². The summed E-state index contributed by atoms with van der Waals surface area (Å²) < 4.78 is 16.9. The molecule has 1 atom stereocenters. The molecule has 7 nitrogen and oxygen atoms in total. The number of aromatic nitrogens is 3. The number of hydrogen-bond acceptors (Lipinski definition) is 4. The average molecular weight is 581 g/mol. The monoisotopic (exact) mass is 580 g/mol. The molecule has 0 aliphatic carbocycles. The predicted molar refractivity (Wildman–Crippen MR) is 165 cm³/mol. The van der Waals surface area contributed by atoms with Gasteiger partial charge in [-0.3, -0.25) is 4.79 Å². The van der Waals surface area contributed by atoms with Crippen LogP contribution in [0.4, 0.5) is 0 Å². The van der Waals surface area contributed by atoms with E-state index < -0.39 is 14.2 Å². The zero-order valence-electron chi connectivity index (χ0n) is 24.2. The molecule has 2 aromatic heterocycles. The summed E-state index contributed by atoms with van der Waals surface area (Å²) in [4.78, 5) is 15.9. The molecule has 4 aromatic rings. The van der Waals surface area contributed by atoms with Crippen LogP contribution in [0.25, 0.3) is 10.9 Å². The van der Waals surface area contributed by atoms with Crippen LogP contribution in [0.2, 0.25) is 23.2 Å². The quantitative estimate of drug-likeness (QED) is 0.133. The summed E-state index contributed by atoms with van der Waals surface area (Å²) in [6.07, 6.45) is 8.20. The first-order valence-corrected chi connectivity index (χ1v) is 17.1. The Morgan fingerprint density at radius 2 is 1.88 bits per heavy atom. The summed E-state index contributed by atoms with van der Waals surface area (Å²) in [5.41, 5.74) is 8.12. The molecule has 0 saturated heterocycles. The molecular formula is C31H41ClN4O3Si.